The Bertz CT molecular complexity index is 728. The first-order valence-electron chi connectivity index (χ1n) is 8.05. The van der Waals surface area contributed by atoms with Gasteiger partial charge in [0.05, 0.1) is 7.11 Å². The van der Waals surface area contributed by atoms with Crippen LogP contribution in [0.5, 0.6) is 5.75 Å². The van der Waals surface area contributed by atoms with Gasteiger partial charge in [-0.05, 0) is 43.2 Å². The minimum atomic E-state index is -0.0414. The van der Waals surface area contributed by atoms with Gasteiger partial charge in [-0.3, -0.25) is 14.3 Å². The molecule has 1 aromatic carbocycles. The summed E-state index contributed by atoms with van der Waals surface area (Å²) in [7, 11) is 3.37. The van der Waals surface area contributed by atoms with Crippen molar-refractivity contribution in [2.24, 2.45) is 13.0 Å². The highest BCUT2D eigenvalue weighted by Gasteiger charge is 2.29. The Morgan fingerprint density at radius 3 is 2.33 bits per heavy atom. The number of methoxy groups -OCH3 is 1. The molecule has 0 unspecified atom stereocenters. The largest absolute Gasteiger partial charge is 0.497 e. The van der Waals surface area contributed by atoms with Crippen LogP contribution in [0.4, 0.5) is 0 Å². The normalized spacial score (nSPS) is 15.3. The molecule has 2 heterocycles. The second-order valence-electron chi connectivity index (χ2n) is 6.00. The van der Waals surface area contributed by atoms with Crippen LogP contribution in [0.1, 0.15) is 33.7 Å². The molecule has 1 amide bonds. The van der Waals surface area contributed by atoms with Gasteiger partial charge in [0.1, 0.15) is 11.4 Å². The highest BCUT2D eigenvalue weighted by molar-refractivity contribution is 5.97. The van der Waals surface area contributed by atoms with Gasteiger partial charge in [-0.2, -0.15) is 5.10 Å². The molecule has 0 spiro atoms. The predicted molar refractivity (Wildman–Crippen MR) is 89.2 cm³/mol. The molecule has 2 aromatic rings. The van der Waals surface area contributed by atoms with Crippen molar-refractivity contribution in [1.82, 2.24) is 14.7 Å². The predicted octanol–water partition coefficient (Wildman–Crippen LogP) is 2.16. The maximum atomic E-state index is 12.5. The van der Waals surface area contributed by atoms with E-state index >= 15 is 0 Å². The molecule has 1 aromatic heterocycles. The second-order valence-corrected chi connectivity index (χ2v) is 6.00. The van der Waals surface area contributed by atoms with E-state index in [1.807, 2.05) is 4.90 Å². The number of carbonyl (C=O) groups is 2. The highest BCUT2D eigenvalue weighted by Crippen LogP contribution is 2.23. The van der Waals surface area contributed by atoms with Crippen molar-refractivity contribution in [3.8, 4) is 5.75 Å². The van der Waals surface area contributed by atoms with Gasteiger partial charge in [-0.25, -0.2) is 0 Å². The third-order valence-corrected chi connectivity index (χ3v) is 4.56. The number of ether oxygens (including phenoxy) is 1. The van der Waals surface area contributed by atoms with Crippen LogP contribution in [0.25, 0.3) is 0 Å². The molecular weight excluding hydrogens is 306 g/mol. The first kappa shape index (κ1) is 16.2. The second kappa shape index (κ2) is 6.86. The maximum absolute atomic E-state index is 12.5. The molecule has 1 aliphatic heterocycles. The average molecular weight is 327 g/mol. The summed E-state index contributed by atoms with van der Waals surface area (Å²) in [4.78, 5) is 26.9. The van der Waals surface area contributed by atoms with Crippen LogP contribution in [0.3, 0.4) is 0 Å². The van der Waals surface area contributed by atoms with Crippen LogP contribution in [0.15, 0.2) is 36.5 Å². The van der Waals surface area contributed by atoms with Crippen molar-refractivity contribution in [3.05, 3.63) is 47.8 Å². The maximum Gasteiger partial charge on any atom is 0.253 e. The van der Waals surface area contributed by atoms with E-state index in [1.54, 1.807) is 55.4 Å². The summed E-state index contributed by atoms with van der Waals surface area (Å²) in [6.07, 6.45) is 3.01. The topological polar surface area (TPSA) is 64.4 Å². The van der Waals surface area contributed by atoms with Crippen molar-refractivity contribution in [2.45, 2.75) is 12.8 Å². The fraction of sp³-hybridized carbons (Fsp3) is 0.389. The molecule has 1 fully saturated rings. The average Bonchev–Trinajstić information content (AvgIpc) is 3.06. The first-order chi connectivity index (χ1) is 11.6. The number of amides is 1. The molecule has 0 saturated carbocycles. The van der Waals surface area contributed by atoms with Crippen LogP contribution < -0.4 is 4.74 Å². The van der Waals surface area contributed by atoms with Gasteiger partial charge in [0.25, 0.3) is 5.91 Å². The van der Waals surface area contributed by atoms with Gasteiger partial charge in [0.2, 0.25) is 0 Å². The van der Waals surface area contributed by atoms with Crippen molar-refractivity contribution < 1.29 is 14.3 Å². The standard InChI is InChI=1S/C18H21N3O3/c1-20-16(7-10-19-20)17(22)13-8-11-21(12-9-13)18(23)14-3-5-15(24-2)6-4-14/h3-7,10,13H,8-9,11-12H2,1-2H3. The van der Waals surface area contributed by atoms with Crippen LogP contribution >= 0.6 is 0 Å². The summed E-state index contributed by atoms with van der Waals surface area (Å²) < 4.78 is 6.72. The van der Waals surface area contributed by atoms with E-state index in [-0.39, 0.29) is 17.6 Å². The number of hydrogen-bond donors (Lipinski definition) is 0. The van der Waals surface area contributed by atoms with Gasteiger partial charge < -0.3 is 9.64 Å². The van der Waals surface area contributed by atoms with E-state index in [0.29, 0.717) is 37.2 Å². The molecule has 0 aliphatic carbocycles. The minimum absolute atomic E-state index is 0.00378. The summed E-state index contributed by atoms with van der Waals surface area (Å²) in [5, 5.41) is 4.05. The number of rotatable bonds is 4. The first-order valence-corrected chi connectivity index (χ1v) is 8.05. The molecule has 126 valence electrons. The molecule has 6 heteroatoms. The number of benzene rings is 1. The quantitative estimate of drug-likeness (QED) is 0.807. The van der Waals surface area contributed by atoms with Crippen molar-refractivity contribution in [1.29, 1.82) is 0 Å². The van der Waals surface area contributed by atoms with Gasteiger partial charge in [0, 0.05) is 37.8 Å². The van der Waals surface area contributed by atoms with Gasteiger partial charge in [-0.15, -0.1) is 0 Å². The number of aromatic nitrogens is 2. The van der Waals surface area contributed by atoms with Crippen LogP contribution in [0, 0.1) is 5.92 Å². The summed E-state index contributed by atoms with van der Waals surface area (Å²) in [5.41, 5.74) is 1.28. The Morgan fingerprint density at radius 2 is 1.79 bits per heavy atom. The van der Waals surface area contributed by atoms with E-state index in [0.717, 1.165) is 5.75 Å². The third kappa shape index (κ3) is 3.18. The van der Waals surface area contributed by atoms with Crippen LogP contribution in [0.2, 0.25) is 0 Å². The van der Waals surface area contributed by atoms with E-state index in [4.69, 9.17) is 4.74 Å². The Morgan fingerprint density at radius 1 is 1.12 bits per heavy atom. The van der Waals surface area contributed by atoms with E-state index in [2.05, 4.69) is 5.10 Å². The molecule has 1 aliphatic rings. The molecule has 1 saturated heterocycles. The molecule has 3 rings (SSSR count). The van der Waals surface area contributed by atoms with E-state index < -0.39 is 0 Å². The highest BCUT2D eigenvalue weighted by atomic mass is 16.5. The number of nitrogens with zero attached hydrogens (tertiary/aromatic N) is 3. The molecule has 0 N–H and O–H groups in total. The molecule has 0 bridgehead atoms. The number of aryl methyl sites for hydroxylation is 1. The molecule has 6 nitrogen and oxygen atoms in total. The number of Topliss-reactive ketones (excluding diaryl/α,β-unsaturated/α-hetero) is 1. The molecule has 0 atom stereocenters. The molecule has 24 heavy (non-hydrogen) atoms. The lowest BCUT2D eigenvalue weighted by Crippen LogP contribution is -2.40. The van der Waals surface area contributed by atoms with E-state index in [9.17, 15) is 9.59 Å². The zero-order valence-electron chi connectivity index (χ0n) is 13.9. The third-order valence-electron chi connectivity index (χ3n) is 4.56. The van der Waals surface area contributed by atoms with Crippen molar-refractivity contribution >= 4 is 11.7 Å². The number of hydrogen-bond acceptors (Lipinski definition) is 4. The lowest BCUT2D eigenvalue weighted by atomic mass is 9.90. The van der Waals surface area contributed by atoms with Crippen molar-refractivity contribution in [3.63, 3.8) is 0 Å². The Labute approximate surface area is 141 Å². The monoisotopic (exact) mass is 327 g/mol. The van der Waals surface area contributed by atoms with Crippen LogP contribution in [-0.4, -0.2) is 46.6 Å². The molecular formula is C18H21N3O3. The van der Waals surface area contributed by atoms with Crippen LogP contribution in [-0.2, 0) is 7.05 Å². The smallest absolute Gasteiger partial charge is 0.253 e. The lowest BCUT2D eigenvalue weighted by molar-refractivity contribution is 0.0647. The number of likely N-dealkylation sites (tertiary alicyclic amines) is 1. The number of piperidine rings is 1. The lowest BCUT2D eigenvalue weighted by Gasteiger charge is -2.31. The Balaban J connectivity index is 1.61. The van der Waals surface area contributed by atoms with Gasteiger partial charge in [-0.1, -0.05) is 0 Å². The number of ketones is 1. The fourth-order valence-electron chi connectivity index (χ4n) is 3.09. The van der Waals surface area contributed by atoms with Gasteiger partial charge >= 0.3 is 0 Å². The van der Waals surface area contributed by atoms with Gasteiger partial charge in [0.15, 0.2) is 5.78 Å². The number of carbonyl (C=O) groups excluding carboxylic acids is 2. The van der Waals surface area contributed by atoms with Crippen molar-refractivity contribution in [2.75, 3.05) is 20.2 Å². The Hall–Kier alpha value is -2.63. The molecule has 0 radical (unpaired) electrons. The zero-order chi connectivity index (χ0) is 17.1. The summed E-state index contributed by atoms with van der Waals surface area (Å²) in [5.74, 6) is 0.808. The fourth-order valence-corrected chi connectivity index (χ4v) is 3.09. The SMILES string of the molecule is COc1ccc(C(=O)N2CCC(C(=O)c3ccnn3C)CC2)cc1. The minimum Gasteiger partial charge on any atom is -0.497 e. The summed E-state index contributed by atoms with van der Waals surface area (Å²) in [6.45, 7) is 1.19. The summed E-state index contributed by atoms with van der Waals surface area (Å²) in [6, 6.07) is 8.86. The summed E-state index contributed by atoms with van der Waals surface area (Å²) >= 11 is 0. The zero-order valence-corrected chi connectivity index (χ0v) is 13.9. The Kier molecular flexibility index (Phi) is 4.64. The van der Waals surface area contributed by atoms with E-state index in [1.165, 1.54) is 0 Å².